The zero-order chi connectivity index (χ0) is 20.2. The van der Waals surface area contributed by atoms with E-state index in [1.165, 1.54) is 0 Å². The number of fused-ring (bicyclic) bond motifs is 1. The normalized spacial score (nSPS) is 16.2. The van der Waals surface area contributed by atoms with E-state index in [-0.39, 0.29) is 30.1 Å². The van der Waals surface area contributed by atoms with Crippen LogP contribution in [0.3, 0.4) is 0 Å². The highest BCUT2D eigenvalue weighted by Crippen LogP contribution is 2.24. The maximum atomic E-state index is 12.4. The zero-order valence-corrected chi connectivity index (χ0v) is 15.9. The smallest absolute Gasteiger partial charge is 0.251 e. The van der Waals surface area contributed by atoms with Crippen LogP contribution in [0.25, 0.3) is 10.9 Å². The van der Waals surface area contributed by atoms with Crippen molar-refractivity contribution >= 4 is 34.3 Å². The minimum atomic E-state index is -0.381. The molecule has 148 valence electrons. The van der Waals surface area contributed by atoms with Gasteiger partial charge >= 0.3 is 0 Å². The molecule has 1 aliphatic rings. The van der Waals surface area contributed by atoms with Gasteiger partial charge in [0.25, 0.3) is 5.91 Å². The molecule has 4 rings (SSSR count). The van der Waals surface area contributed by atoms with Crippen LogP contribution in [0.4, 0.5) is 5.69 Å². The number of hydrogen-bond acceptors (Lipinski definition) is 3. The molecule has 1 saturated heterocycles. The predicted molar refractivity (Wildman–Crippen MR) is 111 cm³/mol. The van der Waals surface area contributed by atoms with Gasteiger partial charge in [0.2, 0.25) is 11.8 Å². The highest BCUT2D eigenvalue weighted by Gasteiger charge is 2.34. The molecule has 1 aliphatic heterocycles. The van der Waals surface area contributed by atoms with Gasteiger partial charge in [-0.1, -0.05) is 24.3 Å². The molecule has 3 N–H and O–H groups in total. The first-order valence-corrected chi connectivity index (χ1v) is 9.60. The molecule has 0 spiro atoms. The molecule has 1 fully saturated rings. The Morgan fingerprint density at radius 2 is 1.83 bits per heavy atom. The summed E-state index contributed by atoms with van der Waals surface area (Å²) in [6.07, 6.45) is 2.03. The van der Waals surface area contributed by atoms with Crippen LogP contribution in [0.5, 0.6) is 0 Å². The third-order valence-electron chi connectivity index (χ3n) is 5.09. The van der Waals surface area contributed by atoms with Gasteiger partial charge in [0.15, 0.2) is 0 Å². The Balaban J connectivity index is 1.24. The Bertz CT molecular complexity index is 1040. The molecule has 0 bridgehead atoms. The van der Waals surface area contributed by atoms with Gasteiger partial charge in [0, 0.05) is 49.0 Å². The lowest BCUT2D eigenvalue weighted by Gasteiger charge is -2.16. The lowest BCUT2D eigenvalue weighted by atomic mass is 10.1. The van der Waals surface area contributed by atoms with Crippen LogP contribution in [0, 0.1) is 5.92 Å². The van der Waals surface area contributed by atoms with E-state index in [0.717, 1.165) is 16.6 Å². The number of para-hydroxylation sites is 1. The summed E-state index contributed by atoms with van der Waals surface area (Å²) in [6.45, 7) is 0.999. The molecule has 3 amide bonds. The minimum absolute atomic E-state index is 0.0515. The average molecular weight is 390 g/mol. The number of benzene rings is 2. The molecule has 1 atom stereocenters. The molecule has 3 aromatic rings. The fourth-order valence-corrected chi connectivity index (χ4v) is 3.54. The number of aromatic nitrogens is 1. The van der Waals surface area contributed by atoms with Crippen molar-refractivity contribution in [2.24, 2.45) is 5.92 Å². The van der Waals surface area contributed by atoms with E-state index in [2.05, 4.69) is 15.6 Å². The largest absolute Gasteiger partial charge is 0.361 e. The number of amides is 3. The minimum Gasteiger partial charge on any atom is -0.361 e. The van der Waals surface area contributed by atoms with Crippen molar-refractivity contribution < 1.29 is 14.4 Å². The van der Waals surface area contributed by atoms with Crippen molar-refractivity contribution in [2.75, 3.05) is 24.5 Å². The summed E-state index contributed by atoms with van der Waals surface area (Å²) in [7, 11) is 0. The highest BCUT2D eigenvalue weighted by atomic mass is 16.2. The van der Waals surface area contributed by atoms with Gasteiger partial charge in [-0.05, 0) is 35.7 Å². The summed E-state index contributed by atoms with van der Waals surface area (Å²) in [6, 6.07) is 16.7. The zero-order valence-electron chi connectivity index (χ0n) is 15.9. The third kappa shape index (κ3) is 4.13. The van der Waals surface area contributed by atoms with Gasteiger partial charge in [-0.2, -0.15) is 0 Å². The molecule has 0 unspecified atom stereocenters. The van der Waals surface area contributed by atoms with E-state index < -0.39 is 0 Å². The van der Waals surface area contributed by atoms with Gasteiger partial charge in [0.05, 0.1) is 5.92 Å². The molecule has 2 aromatic carbocycles. The summed E-state index contributed by atoms with van der Waals surface area (Å²) in [5.74, 6) is -0.793. The van der Waals surface area contributed by atoms with E-state index >= 15 is 0 Å². The van der Waals surface area contributed by atoms with Crippen molar-refractivity contribution in [3.63, 3.8) is 0 Å². The first-order valence-electron chi connectivity index (χ1n) is 9.60. The monoisotopic (exact) mass is 390 g/mol. The van der Waals surface area contributed by atoms with Gasteiger partial charge in [-0.25, -0.2) is 0 Å². The van der Waals surface area contributed by atoms with Crippen molar-refractivity contribution in [2.45, 2.75) is 6.42 Å². The lowest BCUT2D eigenvalue weighted by molar-refractivity contribution is -0.126. The molecular formula is C22H22N4O3. The Morgan fingerprint density at radius 1 is 1.03 bits per heavy atom. The Morgan fingerprint density at radius 3 is 2.66 bits per heavy atom. The molecule has 2 heterocycles. The number of aromatic amines is 1. The number of carbonyl (C=O) groups excluding carboxylic acids is 3. The van der Waals surface area contributed by atoms with Crippen molar-refractivity contribution in [3.05, 3.63) is 66.4 Å². The number of H-pyrrole nitrogens is 1. The van der Waals surface area contributed by atoms with Crippen LogP contribution in [-0.4, -0.2) is 42.3 Å². The second-order valence-corrected chi connectivity index (χ2v) is 7.07. The van der Waals surface area contributed by atoms with Crippen LogP contribution < -0.4 is 15.5 Å². The SMILES string of the molecule is O=C(NCCNC(=O)[C@@H]1CC(=O)N(c2ccccc2)C1)c1ccc2cc[nH]c2c1. The van der Waals surface area contributed by atoms with Crippen molar-refractivity contribution in [1.82, 2.24) is 15.6 Å². The number of nitrogens with one attached hydrogen (secondary N) is 3. The van der Waals surface area contributed by atoms with E-state index in [1.54, 1.807) is 17.0 Å². The summed E-state index contributed by atoms with van der Waals surface area (Å²) in [4.78, 5) is 41.6. The highest BCUT2D eigenvalue weighted by molar-refractivity contribution is 6.00. The van der Waals surface area contributed by atoms with E-state index in [4.69, 9.17) is 0 Å². The third-order valence-corrected chi connectivity index (χ3v) is 5.09. The fourth-order valence-electron chi connectivity index (χ4n) is 3.54. The van der Waals surface area contributed by atoms with Gasteiger partial charge < -0.3 is 20.5 Å². The molecule has 0 saturated carbocycles. The number of nitrogens with zero attached hydrogens (tertiary/aromatic N) is 1. The second-order valence-electron chi connectivity index (χ2n) is 7.07. The molecule has 29 heavy (non-hydrogen) atoms. The van der Waals surface area contributed by atoms with Crippen molar-refractivity contribution in [3.8, 4) is 0 Å². The van der Waals surface area contributed by atoms with Gasteiger partial charge in [-0.15, -0.1) is 0 Å². The maximum absolute atomic E-state index is 12.4. The number of anilines is 1. The first-order chi connectivity index (χ1) is 14.1. The number of carbonyl (C=O) groups is 3. The Hall–Kier alpha value is -3.61. The van der Waals surface area contributed by atoms with Gasteiger partial charge in [-0.3, -0.25) is 14.4 Å². The van der Waals surface area contributed by atoms with E-state index in [0.29, 0.717) is 25.2 Å². The van der Waals surface area contributed by atoms with Crippen molar-refractivity contribution in [1.29, 1.82) is 0 Å². The van der Waals surface area contributed by atoms with Crippen LogP contribution in [0.15, 0.2) is 60.8 Å². The quantitative estimate of drug-likeness (QED) is 0.563. The summed E-state index contributed by atoms with van der Waals surface area (Å²) in [5.41, 5.74) is 2.27. The molecule has 1 aromatic heterocycles. The molecule has 7 heteroatoms. The topological polar surface area (TPSA) is 94.3 Å². The summed E-state index contributed by atoms with van der Waals surface area (Å²) in [5, 5.41) is 6.66. The van der Waals surface area contributed by atoms with Crippen LogP contribution >= 0.6 is 0 Å². The van der Waals surface area contributed by atoms with Crippen LogP contribution in [0.1, 0.15) is 16.8 Å². The fraction of sp³-hybridized carbons (Fsp3) is 0.227. The first kappa shape index (κ1) is 18.7. The molecule has 0 radical (unpaired) electrons. The maximum Gasteiger partial charge on any atom is 0.251 e. The molecular weight excluding hydrogens is 368 g/mol. The average Bonchev–Trinajstić information content (AvgIpc) is 3.37. The van der Waals surface area contributed by atoms with Crippen LogP contribution in [-0.2, 0) is 9.59 Å². The van der Waals surface area contributed by atoms with E-state index in [9.17, 15) is 14.4 Å². The summed E-state index contributed by atoms with van der Waals surface area (Å²) < 4.78 is 0. The van der Waals surface area contributed by atoms with Crippen LogP contribution in [0.2, 0.25) is 0 Å². The standard InChI is InChI=1S/C22H22N4O3/c27-20-13-17(14-26(20)18-4-2-1-3-5-18)22(29)25-11-10-24-21(28)16-7-6-15-8-9-23-19(15)12-16/h1-9,12,17,23H,10-11,13-14H2,(H,24,28)(H,25,29)/t17-/m1/s1. The van der Waals surface area contributed by atoms with E-state index in [1.807, 2.05) is 48.7 Å². The number of hydrogen-bond donors (Lipinski definition) is 3. The Labute approximate surface area is 168 Å². The molecule has 7 nitrogen and oxygen atoms in total. The molecule has 0 aliphatic carbocycles. The Kier molecular flexibility index (Phi) is 5.29. The van der Waals surface area contributed by atoms with Gasteiger partial charge in [0.1, 0.15) is 0 Å². The summed E-state index contributed by atoms with van der Waals surface area (Å²) >= 11 is 0. The number of rotatable bonds is 6. The predicted octanol–water partition coefficient (Wildman–Crippen LogP) is 2.07. The lowest BCUT2D eigenvalue weighted by Crippen LogP contribution is -2.38. The second kappa shape index (κ2) is 8.18.